The van der Waals surface area contributed by atoms with Crippen LogP contribution in [0.25, 0.3) is 11.3 Å². The van der Waals surface area contributed by atoms with Crippen LogP contribution in [0, 0.1) is 13.8 Å². The number of carbonyl (C=O) groups excluding carboxylic acids is 1. The van der Waals surface area contributed by atoms with Gasteiger partial charge in [0.15, 0.2) is 5.13 Å². The molecule has 1 atom stereocenters. The molecule has 5 nitrogen and oxygen atoms in total. The van der Waals surface area contributed by atoms with Crippen LogP contribution in [0.3, 0.4) is 0 Å². The zero-order valence-electron chi connectivity index (χ0n) is 12.7. The standard InChI is InChI=1S/C16H19N3O2S/c1-10-3-4-12(7-11(10)2)13-9-22-16(18-13)19-15(20)14-8-17-5-6-21-14/h3-4,7,9,14,17H,5-6,8H2,1-2H3,(H,18,19,20). The van der Waals surface area contributed by atoms with E-state index in [0.29, 0.717) is 18.3 Å². The van der Waals surface area contributed by atoms with E-state index in [0.717, 1.165) is 17.8 Å². The number of nitrogens with one attached hydrogen (secondary N) is 2. The summed E-state index contributed by atoms with van der Waals surface area (Å²) >= 11 is 1.43. The molecule has 2 aromatic rings. The van der Waals surface area contributed by atoms with Crippen molar-refractivity contribution < 1.29 is 9.53 Å². The monoisotopic (exact) mass is 317 g/mol. The highest BCUT2D eigenvalue weighted by molar-refractivity contribution is 7.14. The average molecular weight is 317 g/mol. The van der Waals surface area contributed by atoms with Crippen molar-refractivity contribution in [1.29, 1.82) is 0 Å². The van der Waals surface area contributed by atoms with E-state index in [9.17, 15) is 4.79 Å². The van der Waals surface area contributed by atoms with E-state index in [1.165, 1.54) is 22.5 Å². The van der Waals surface area contributed by atoms with E-state index in [-0.39, 0.29) is 5.91 Å². The summed E-state index contributed by atoms with van der Waals surface area (Å²) in [4.78, 5) is 16.6. The Morgan fingerprint density at radius 2 is 2.27 bits per heavy atom. The number of anilines is 1. The Kier molecular flexibility index (Phi) is 4.52. The van der Waals surface area contributed by atoms with Crippen molar-refractivity contribution >= 4 is 22.4 Å². The molecule has 1 saturated heterocycles. The van der Waals surface area contributed by atoms with Crippen molar-refractivity contribution in [2.24, 2.45) is 0 Å². The predicted molar refractivity (Wildman–Crippen MR) is 88.3 cm³/mol. The number of morpholine rings is 1. The predicted octanol–water partition coefficient (Wildman–Crippen LogP) is 2.35. The summed E-state index contributed by atoms with van der Waals surface area (Å²) in [6.07, 6.45) is -0.442. The number of amides is 1. The molecule has 1 unspecified atom stereocenters. The number of ether oxygens (including phenoxy) is 1. The molecule has 0 aliphatic carbocycles. The van der Waals surface area contributed by atoms with Crippen LogP contribution in [0.15, 0.2) is 23.6 Å². The summed E-state index contributed by atoms with van der Waals surface area (Å²) in [6.45, 7) is 6.06. The highest BCUT2D eigenvalue weighted by Gasteiger charge is 2.22. The van der Waals surface area contributed by atoms with E-state index in [4.69, 9.17) is 4.74 Å². The third-order valence-electron chi connectivity index (χ3n) is 3.76. The number of hydrogen-bond acceptors (Lipinski definition) is 5. The minimum Gasteiger partial charge on any atom is -0.366 e. The molecule has 22 heavy (non-hydrogen) atoms. The molecule has 116 valence electrons. The summed E-state index contributed by atoms with van der Waals surface area (Å²) in [5.41, 5.74) is 4.44. The van der Waals surface area contributed by atoms with Crippen LogP contribution >= 0.6 is 11.3 Å². The van der Waals surface area contributed by atoms with Gasteiger partial charge in [-0.2, -0.15) is 0 Å². The molecular weight excluding hydrogens is 298 g/mol. The summed E-state index contributed by atoms with van der Waals surface area (Å²) < 4.78 is 5.43. The molecular formula is C16H19N3O2S. The molecule has 1 aromatic carbocycles. The second kappa shape index (κ2) is 6.56. The normalized spacial score (nSPS) is 18.2. The Balaban J connectivity index is 1.70. The van der Waals surface area contributed by atoms with Gasteiger partial charge < -0.3 is 10.1 Å². The number of hydrogen-bond donors (Lipinski definition) is 2. The number of rotatable bonds is 3. The van der Waals surface area contributed by atoms with Gasteiger partial charge in [-0.25, -0.2) is 4.98 Å². The number of nitrogens with zero attached hydrogens (tertiary/aromatic N) is 1. The summed E-state index contributed by atoms with van der Waals surface area (Å²) in [7, 11) is 0. The Morgan fingerprint density at radius 1 is 1.41 bits per heavy atom. The zero-order valence-corrected chi connectivity index (χ0v) is 13.5. The maximum absolute atomic E-state index is 12.1. The molecule has 6 heteroatoms. The van der Waals surface area contributed by atoms with E-state index < -0.39 is 6.10 Å². The van der Waals surface area contributed by atoms with Crippen LogP contribution in [0.4, 0.5) is 5.13 Å². The molecule has 3 rings (SSSR count). The Hall–Kier alpha value is -1.76. The van der Waals surface area contributed by atoms with E-state index in [2.05, 4.69) is 47.7 Å². The number of carbonyl (C=O) groups is 1. The topological polar surface area (TPSA) is 63.2 Å². The molecule has 1 aliphatic heterocycles. The quantitative estimate of drug-likeness (QED) is 0.912. The van der Waals surface area contributed by atoms with Crippen LogP contribution in [0.2, 0.25) is 0 Å². The van der Waals surface area contributed by atoms with Crippen molar-refractivity contribution in [2.75, 3.05) is 25.0 Å². The number of aromatic nitrogens is 1. The summed E-state index contributed by atoms with van der Waals surface area (Å²) in [5.74, 6) is -0.145. The van der Waals surface area contributed by atoms with Gasteiger partial charge in [-0.05, 0) is 31.0 Å². The third kappa shape index (κ3) is 3.35. The van der Waals surface area contributed by atoms with Crippen LogP contribution in [-0.2, 0) is 9.53 Å². The lowest BCUT2D eigenvalue weighted by atomic mass is 10.1. The van der Waals surface area contributed by atoms with Crippen molar-refractivity contribution in [1.82, 2.24) is 10.3 Å². The van der Waals surface area contributed by atoms with E-state index >= 15 is 0 Å². The average Bonchev–Trinajstić information content (AvgIpc) is 2.99. The molecule has 1 fully saturated rings. The minimum atomic E-state index is -0.442. The number of aryl methyl sites for hydroxylation is 2. The van der Waals surface area contributed by atoms with Gasteiger partial charge >= 0.3 is 0 Å². The highest BCUT2D eigenvalue weighted by atomic mass is 32.1. The lowest BCUT2D eigenvalue weighted by Crippen LogP contribution is -2.45. The van der Waals surface area contributed by atoms with Crippen LogP contribution < -0.4 is 10.6 Å². The van der Waals surface area contributed by atoms with Crippen LogP contribution in [0.1, 0.15) is 11.1 Å². The third-order valence-corrected chi connectivity index (χ3v) is 4.51. The van der Waals surface area contributed by atoms with Gasteiger partial charge in [-0.1, -0.05) is 12.1 Å². The van der Waals surface area contributed by atoms with Gasteiger partial charge in [-0.15, -0.1) is 11.3 Å². The fraction of sp³-hybridized carbons (Fsp3) is 0.375. The van der Waals surface area contributed by atoms with Crippen LogP contribution in [0.5, 0.6) is 0 Å². The van der Waals surface area contributed by atoms with Crippen LogP contribution in [-0.4, -0.2) is 36.7 Å². The fourth-order valence-electron chi connectivity index (χ4n) is 2.28. The van der Waals surface area contributed by atoms with Gasteiger partial charge in [-0.3, -0.25) is 10.1 Å². The molecule has 1 aromatic heterocycles. The molecule has 1 aliphatic rings. The molecule has 0 radical (unpaired) electrons. The number of benzene rings is 1. The highest BCUT2D eigenvalue weighted by Crippen LogP contribution is 2.26. The minimum absolute atomic E-state index is 0.145. The second-order valence-electron chi connectivity index (χ2n) is 5.39. The summed E-state index contributed by atoms with van der Waals surface area (Å²) in [6, 6.07) is 6.26. The second-order valence-corrected chi connectivity index (χ2v) is 6.25. The van der Waals surface area contributed by atoms with Gasteiger partial charge in [0.05, 0.1) is 12.3 Å². The first kappa shape index (κ1) is 15.1. The molecule has 1 amide bonds. The van der Waals surface area contributed by atoms with Crippen molar-refractivity contribution in [2.45, 2.75) is 20.0 Å². The molecule has 2 N–H and O–H groups in total. The van der Waals surface area contributed by atoms with Crippen molar-refractivity contribution in [3.8, 4) is 11.3 Å². The molecule has 2 heterocycles. The van der Waals surface area contributed by atoms with E-state index in [1.54, 1.807) is 0 Å². The summed E-state index contributed by atoms with van der Waals surface area (Å²) in [5, 5.41) is 8.53. The molecule has 0 bridgehead atoms. The SMILES string of the molecule is Cc1ccc(-c2csc(NC(=O)C3CNCCO3)n2)cc1C. The Labute approximate surface area is 133 Å². The Morgan fingerprint density at radius 3 is 3.00 bits per heavy atom. The van der Waals surface area contributed by atoms with Gasteiger partial charge in [0.2, 0.25) is 0 Å². The maximum atomic E-state index is 12.1. The van der Waals surface area contributed by atoms with Crippen molar-refractivity contribution in [3.63, 3.8) is 0 Å². The maximum Gasteiger partial charge on any atom is 0.256 e. The lowest BCUT2D eigenvalue weighted by molar-refractivity contribution is -0.128. The van der Waals surface area contributed by atoms with Gasteiger partial charge in [0.1, 0.15) is 6.10 Å². The first-order chi connectivity index (χ1) is 10.6. The Bertz CT molecular complexity index is 678. The zero-order chi connectivity index (χ0) is 15.5. The fourth-order valence-corrected chi connectivity index (χ4v) is 3.01. The largest absolute Gasteiger partial charge is 0.366 e. The van der Waals surface area contributed by atoms with Gasteiger partial charge in [0, 0.05) is 24.0 Å². The molecule has 0 saturated carbocycles. The lowest BCUT2D eigenvalue weighted by Gasteiger charge is -2.22. The first-order valence-corrected chi connectivity index (χ1v) is 8.18. The number of thiazole rings is 1. The van der Waals surface area contributed by atoms with Gasteiger partial charge in [0.25, 0.3) is 5.91 Å². The van der Waals surface area contributed by atoms with E-state index in [1.807, 2.05) is 5.38 Å². The smallest absolute Gasteiger partial charge is 0.256 e. The molecule has 0 spiro atoms. The van der Waals surface area contributed by atoms with Crippen molar-refractivity contribution in [3.05, 3.63) is 34.7 Å². The first-order valence-electron chi connectivity index (χ1n) is 7.30.